The van der Waals surface area contributed by atoms with Crippen LogP contribution in [-0.2, 0) is 10.0 Å². The molecule has 0 bridgehead atoms. The van der Waals surface area contributed by atoms with E-state index in [4.69, 9.17) is 5.14 Å². The minimum atomic E-state index is -3.83. The number of carbonyl (C=O) groups excluding carboxylic acids is 1. The average molecular weight is 310 g/mol. The summed E-state index contributed by atoms with van der Waals surface area (Å²) in [4.78, 5) is 14.6. The van der Waals surface area contributed by atoms with Crippen LogP contribution in [-0.4, -0.2) is 31.3 Å². The maximum absolute atomic E-state index is 12.8. The van der Waals surface area contributed by atoms with Gasteiger partial charge in [0.1, 0.15) is 0 Å². The quantitative estimate of drug-likeness (QED) is 0.906. The van der Waals surface area contributed by atoms with Gasteiger partial charge in [0, 0.05) is 17.6 Å². The van der Waals surface area contributed by atoms with Gasteiger partial charge >= 0.3 is 0 Å². The zero-order valence-electron chi connectivity index (χ0n) is 12.9. The smallest absolute Gasteiger partial charge is 0.254 e. The van der Waals surface area contributed by atoms with Gasteiger partial charge in [-0.3, -0.25) is 4.79 Å². The number of nitrogens with two attached hydrogens (primary N) is 1. The highest BCUT2D eigenvalue weighted by atomic mass is 32.2. The van der Waals surface area contributed by atoms with Gasteiger partial charge in [-0.1, -0.05) is 6.07 Å². The number of primary sulfonamides is 1. The van der Waals surface area contributed by atoms with Crippen LogP contribution in [0.1, 0.15) is 48.2 Å². The van der Waals surface area contributed by atoms with Crippen LogP contribution in [0.2, 0.25) is 0 Å². The fraction of sp³-hybridized carbons (Fsp3) is 0.533. The molecule has 1 aromatic rings. The molecule has 0 atom stereocenters. The molecule has 0 radical (unpaired) electrons. The van der Waals surface area contributed by atoms with Crippen LogP contribution >= 0.6 is 0 Å². The number of hydrogen-bond acceptors (Lipinski definition) is 3. The first kappa shape index (κ1) is 16.0. The molecule has 0 aliphatic carbocycles. The normalized spacial score (nSPS) is 18.0. The molecule has 2 N–H and O–H groups in total. The van der Waals surface area contributed by atoms with E-state index in [0.29, 0.717) is 17.7 Å². The lowest BCUT2D eigenvalue weighted by atomic mass is 9.99. The predicted octanol–water partition coefficient (Wildman–Crippen LogP) is 1.97. The molecule has 116 valence electrons. The van der Waals surface area contributed by atoms with Crippen molar-refractivity contribution in [3.8, 4) is 0 Å². The zero-order valence-corrected chi connectivity index (χ0v) is 13.8. The van der Waals surface area contributed by atoms with Crippen LogP contribution in [0, 0.1) is 13.8 Å². The third-order valence-electron chi connectivity index (χ3n) is 4.21. The number of amides is 1. The van der Waals surface area contributed by atoms with Crippen molar-refractivity contribution in [2.24, 2.45) is 5.14 Å². The molecule has 0 aromatic heterocycles. The number of hydrogen-bond donors (Lipinski definition) is 1. The van der Waals surface area contributed by atoms with Gasteiger partial charge in [-0.25, -0.2) is 13.6 Å². The zero-order chi connectivity index (χ0) is 16.0. The number of likely N-dealkylation sites (tertiary alicyclic amines) is 1. The topological polar surface area (TPSA) is 80.5 Å². The molecule has 1 heterocycles. The minimum Gasteiger partial charge on any atom is -0.334 e. The van der Waals surface area contributed by atoms with Crippen LogP contribution in [0.25, 0.3) is 0 Å². The van der Waals surface area contributed by atoms with Gasteiger partial charge in [0.15, 0.2) is 0 Å². The van der Waals surface area contributed by atoms with Gasteiger partial charge in [-0.05, 0) is 57.7 Å². The third kappa shape index (κ3) is 2.96. The SMILES string of the molecule is Cc1cc(C)c(S(N)(=O)=O)cc1C(=O)N1CCCC1(C)C. The summed E-state index contributed by atoms with van der Waals surface area (Å²) >= 11 is 0. The van der Waals surface area contributed by atoms with Crippen LogP contribution in [0.5, 0.6) is 0 Å². The van der Waals surface area contributed by atoms with E-state index in [0.717, 1.165) is 18.4 Å². The molecule has 21 heavy (non-hydrogen) atoms. The molecule has 0 saturated carbocycles. The molecule has 1 aromatic carbocycles. The Labute approximate surface area is 126 Å². The number of benzene rings is 1. The maximum atomic E-state index is 12.8. The van der Waals surface area contributed by atoms with Gasteiger partial charge in [-0.15, -0.1) is 0 Å². The van der Waals surface area contributed by atoms with E-state index in [1.807, 2.05) is 25.7 Å². The molecule has 1 aliphatic rings. The van der Waals surface area contributed by atoms with Gasteiger partial charge in [0.2, 0.25) is 10.0 Å². The highest BCUT2D eigenvalue weighted by Gasteiger charge is 2.36. The molecule has 1 aliphatic heterocycles. The van der Waals surface area contributed by atoms with Crippen molar-refractivity contribution >= 4 is 15.9 Å². The molecular weight excluding hydrogens is 288 g/mol. The Morgan fingerprint density at radius 2 is 1.86 bits per heavy atom. The Hall–Kier alpha value is -1.40. The Kier molecular flexibility index (Phi) is 3.88. The Morgan fingerprint density at radius 3 is 2.33 bits per heavy atom. The summed E-state index contributed by atoms with van der Waals surface area (Å²) in [6.45, 7) is 8.25. The fourth-order valence-corrected chi connectivity index (χ4v) is 3.79. The van der Waals surface area contributed by atoms with Crippen molar-refractivity contribution < 1.29 is 13.2 Å². The van der Waals surface area contributed by atoms with Crippen molar-refractivity contribution in [3.05, 3.63) is 28.8 Å². The van der Waals surface area contributed by atoms with Crippen LogP contribution < -0.4 is 5.14 Å². The molecule has 6 heteroatoms. The second kappa shape index (κ2) is 5.10. The monoisotopic (exact) mass is 310 g/mol. The first-order chi connectivity index (χ1) is 9.54. The summed E-state index contributed by atoms with van der Waals surface area (Å²) in [5.41, 5.74) is 1.55. The number of rotatable bonds is 2. The van der Waals surface area contributed by atoms with E-state index in [-0.39, 0.29) is 16.3 Å². The first-order valence-corrected chi connectivity index (χ1v) is 8.55. The van der Waals surface area contributed by atoms with Crippen molar-refractivity contribution in [1.82, 2.24) is 4.90 Å². The van der Waals surface area contributed by atoms with Crippen LogP contribution in [0.15, 0.2) is 17.0 Å². The fourth-order valence-electron chi connectivity index (χ4n) is 3.00. The minimum absolute atomic E-state index is 0.0217. The molecule has 0 unspecified atom stereocenters. The van der Waals surface area contributed by atoms with E-state index in [2.05, 4.69) is 0 Å². The number of sulfonamides is 1. The molecular formula is C15H22N2O3S. The van der Waals surface area contributed by atoms with Gasteiger partial charge < -0.3 is 4.90 Å². The second-order valence-corrected chi connectivity index (χ2v) is 7.88. The van der Waals surface area contributed by atoms with Gasteiger partial charge in [0.25, 0.3) is 5.91 Å². The van der Waals surface area contributed by atoms with E-state index >= 15 is 0 Å². The average Bonchev–Trinajstić information content (AvgIpc) is 2.66. The van der Waals surface area contributed by atoms with E-state index < -0.39 is 10.0 Å². The Bertz CT molecular complexity index is 693. The molecule has 1 amide bonds. The van der Waals surface area contributed by atoms with E-state index in [9.17, 15) is 13.2 Å². The molecule has 1 fully saturated rings. The van der Waals surface area contributed by atoms with Crippen LogP contribution in [0.4, 0.5) is 0 Å². The maximum Gasteiger partial charge on any atom is 0.254 e. The number of nitrogens with zero attached hydrogens (tertiary/aromatic N) is 1. The Morgan fingerprint density at radius 1 is 1.24 bits per heavy atom. The lowest BCUT2D eigenvalue weighted by molar-refractivity contribution is 0.0651. The number of aryl methyl sites for hydroxylation is 2. The van der Waals surface area contributed by atoms with Crippen molar-refractivity contribution in [3.63, 3.8) is 0 Å². The highest BCUT2D eigenvalue weighted by molar-refractivity contribution is 7.89. The summed E-state index contributed by atoms with van der Waals surface area (Å²) in [5.74, 6) is -0.125. The standard InChI is InChI=1S/C15H22N2O3S/c1-10-8-11(2)13(21(16,19)20)9-12(10)14(18)17-7-5-6-15(17,3)4/h8-9H,5-7H2,1-4H3,(H2,16,19,20). The highest BCUT2D eigenvalue weighted by Crippen LogP contribution is 2.31. The van der Waals surface area contributed by atoms with Crippen LogP contribution in [0.3, 0.4) is 0 Å². The van der Waals surface area contributed by atoms with Crippen molar-refractivity contribution in [2.45, 2.75) is 51.0 Å². The summed E-state index contributed by atoms with van der Waals surface area (Å²) in [5, 5.41) is 5.23. The molecule has 2 rings (SSSR count). The lowest BCUT2D eigenvalue weighted by Gasteiger charge is -2.32. The van der Waals surface area contributed by atoms with Crippen molar-refractivity contribution in [2.75, 3.05) is 6.54 Å². The van der Waals surface area contributed by atoms with Gasteiger partial charge in [0.05, 0.1) is 4.90 Å². The molecule has 0 spiro atoms. The first-order valence-electron chi connectivity index (χ1n) is 7.00. The van der Waals surface area contributed by atoms with E-state index in [1.165, 1.54) is 6.07 Å². The lowest BCUT2D eigenvalue weighted by Crippen LogP contribution is -2.43. The third-order valence-corrected chi connectivity index (χ3v) is 5.26. The molecule has 5 nitrogen and oxygen atoms in total. The largest absolute Gasteiger partial charge is 0.334 e. The number of carbonyl (C=O) groups is 1. The van der Waals surface area contributed by atoms with E-state index in [1.54, 1.807) is 13.0 Å². The Balaban J connectivity index is 2.52. The summed E-state index contributed by atoms with van der Waals surface area (Å²) in [6.07, 6.45) is 1.91. The summed E-state index contributed by atoms with van der Waals surface area (Å²) in [7, 11) is -3.83. The second-order valence-electron chi connectivity index (χ2n) is 6.35. The predicted molar refractivity (Wildman–Crippen MR) is 81.6 cm³/mol. The summed E-state index contributed by atoms with van der Waals surface area (Å²) < 4.78 is 23.3. The van der Waals surface area contributed by atoms with Crippen molar-refractivity contribution in [1.29, 1.82) is 0 Å². The van der Waals surface area contributed by atoms with Gasteiger partial charge in [-0.2, -0.15) is 0 Å². The molecule has 1 saturated heterocycles. The summed E-state index contributed by atoms with van der Waals surface area (Å²) in [6, 6.07) is 3.12.